The summed E-state index contributed by atoms with van der Waals surface area (Å²) >= 11 is 3.53. The third-order valence-electron chi connectivity index (χ3n) is 4.14. The van der Waals surface area contributed by atoms with E-state index in [-0.39, 0.29) is 18.2 Å². The maximum atomic E-state index is 10.2. The monoisotopic (exact) mass is 355 g/mol. The SMILES string of the molecule is CCNC(C)c1cc(Br)ccc1OC1CCCCCC1O. The summed E-state index contributed by atoms with van der Waals surface area (Å²) in [5, 5.41) is 13.7. The Labute approximate surface area is 136 Å². The Kier molecular flexibility index (Phi) is 6.52. The minimum atomic E-state index is -0.349. The number of aliphatic hydroxyl groups is 1. The van der Waals surface area contributed by atoms with Crippen molar-refractivity contribution in [3.05, 3.63) is 28.2 Å². The number of hydrogen-bond acceptors (Lipinski definition) is 3. The number of hydrogen-bond donors (Lipinski definition) is 2. The van der Waals surface area contributed by atoms with E-state index in [2.05, 4.69) is 41.2 Å². The van der Waals surface area contributed by atoms with Gasteiger partial charge in [-0.05, 0) is 50.9 Å². The summed E-state index contributed by atoms with van der Waals surface area (Å²) in [5.74, 6) is 0.887. The molecule has 1 fully saturated rings. The molecule has 0 bridgehead atoms. The Bertz CT molecular complexity index is 452. The van der Waals surface area contributed by atoms with Gasteiger partial charge in [-0.25, -0.2) is 0 Å². The predicted octanol–water partition coefficient (Wildman–Crippen LogP) is 4.19. The zero-order valence-electron chi connectivity index (χ0n) is 12.9. The van der Waals surface area contributed by atoms with E-state index < -0.39 is 0 Å². The molecule has 3 unspecified atom stereocenters. The molecular weight excluding hydrogens is 330 g/mol. The number of nitrogens with one attached hydrogen (secondary N) is 1. The van der Waals surface area contributed by atoms with Crippen LogP contribution < -0.4 is 10.1 Å². The van der Waals surface area contributed by atoms with Crippen molar-refractivity contribution in [3.8, 4) is 5.75 Å². The van der Waals surface area contributed by atoms with Gasteiger partial charge in [0.25, 0.3) is 0 Å². The smallest absolute Gasteiger partial charge is 0.124 e. The van der Waals surface area contributed by atoms with Crippen LogP contribution in [0.3, 0.4) is 0 Å². The van der Waals surface area contributed by atoms with Gasteiger partial charge in [-0.2, -0.15) is 0 Å². The molecule has 3 nitrogen and oxygen atoms in total. The first-order chi connectivity index (χ1) is 10.1. The van der Waals surface area contributed by atoms with Gasteiger partial charge in [0.2, 0.25) is 0 Å². The van der Waals surface area contributed by atoms with Gasteiger partial charge in [0, 0.05) is 16.1 Å². The topological polar surface area (TPSA) is 41.5 Å². The lowest BCUT2D eigenvalue weighted by molar-refractivity contribution is 0.0312. The molecule has 0 aliphatic heterocycles. The van der Waals surface area contributed by atoms with Crippen LogP contribution in [0.4, 0.5) is 0 Å². The number of benzene rings is 1. The molecule has 1 aliphatic carbocycles. The standard InChI is InChI=1S/C17H26BrNO2/c1-3-19-12(2)14-11-13(18)9-10-16(14)21-17-8-6-4-5-7-15(17)20/h9-12,15,17,19-20H,3-8H2,1-2H3. The van der Waals surface area contributed by atoms with Gasteiger partial charge in [-0.3, -0.25) is 0 Å². The molecule has 1 saturated carbocycles. The largest absolute Gasteiger partial charge is 0.487 e. The van der Waals surface area contributed by atoms with Crippen LogP contribution in [-0.4, -0.2) is 23.9 Å². The molecule has 2 N–H and O–H groups in total. The minimum absolute atomic E-state index is 0.0822. The van der Waals surface area contributed by atoms with E-state index >= 15 is 0 Å². The van der Waals surface area contributed by atoms with Crippen molar-refractivity contribution >= 4 is 15.9 Å². The summed E-state index contributed by atoms with van der Waals surface area (Å²) in [6, 6.07) is 6.34. The van der Waals surface area contributed by atoms with E-state index in [1.165, 1.54) is 6.42 Å². The maximum absolute atomic E-state index is 10.2. The molecule has 1 aromatic rings. The number of aliphatic hydroxyl groups excluding tert-OH is 1. The normalized spacial score (nSPS) is 24.4. The van der Waals surface area contributed by atoms with E-state index in [9.17, 15) is 5.11 Å². The second-order valence-corrected chi connectivity index (χ2v) is 6.74. The highest BCUT2D eigenvalue weighted by Gasteiger charge is 2.24. The molecule has 0 radical (unpaired) electrons. The van der Waals surface area contributed by atoms with Gasteiger partial charge in [0.05, 0.1) is 6.10 Å². The molecule has 0 heterocycles. The van der Waals surface area contributed by atoms with Crippen molar-refractivity contribution < 1.29 is 9.84 Å². The van der Waals surface area contributed by atoms with E-state index in [4.69, 9.17) is 4.74 Å². The molecule has 1 aromatic carbocycles. The fourth-order valence-corrected chi connectivity index (χ4v) is 3.31. The molecule has 2 rings (SSSR count). The molecule has 21 heavy (non-hydrogen) atoms. The first-order valence-electron chi connectivity index (χ1n) is 7.99. The second-order valence-electron chi connectivity index (χ2n) is 5.82. The van der Waals surface area contributed by atoms with Gasteiger partial charge >= 0.3 is 0 Å². The lowest BCUT2D eigenvalue weighted by Crippen LogP contribution is -2.31. The molecule has 3 atom stereocenters. The van der Waals surface area contributed by atoms with Crippen molar-refractivity contribution in [2.24, 2.45) is 0 Å². The fourth-order valence-electron chi connectivity index (χ4n) is 2.94. The quantitative estimate of drug-likeness (QED) is 0.778. The van der Waals surface area contributed by atoms with Crippen LogP contribution in [0.2, 0.25) is 0 Å². The Hall–Kier alpha value is -0.580. The lowest BCUT2D eigenvalue weighted by Gasteiger charge is -2.25. The van der Waals surface area contributed by atoms with E-state index in [1.54, 1.807) is 0 Å². The third kappa shape index (κ3) is 4.70. The van der Waals surface area contributed by atoms with Crippen LogP contribution in [0.25, 0.3) is 0 Å². The number of halogens is 1. The van der Waals surface area contributed by atoms with Crippen LogP contribution in [0.5, 0.6) is 5.75 Å². The molecule has 4 heteroatoms. The molecular formula is C17H26BrNO2. The molecule has 0 aromatic heterocycles. The summed E-state index contributed by atoms with van der Waals surface area (Å²) < 4.78 is 7.24. The fraction of sp³-hybridized carbons (Fsp3) is 0.647. The summed E-state index contributed by atoms with van der Waals surface area (Å²) in [6.45, 7) is 5.16. The van der Waals surface area contributed by atoms with Gasteiger partial charge in [-0.15, -0.1) is 0 Å². The van der Waals surface area contributed by atoms with Crippen molar-refractivity contribution in [1.29, 1.82) is 0 Å². The Balaban J connectivity index is 2.17. The lowest BCUT2D eigenvalue weighted by atomic mass is 10.1. The summed E-state index contributed by atoms with van der Waals surface area (Å²) in [4.78, 5) is 0. The van der Waals surface area contributed by atoms with Crippen molar-refractivity contribution in [3.63, 3.8) is 0 Å². The Morgan fingerprint density at radius 2 is 2.10 bits per heavy atom. The summed E-state index contributed by atoms with van der Waals surface area (Å²) in [5.41, 5.74) is 1.14. The van der Waals surface area contributed by atoms with Gasteiger partial charge in [0.1, 0.15) is 11.9 Å². The zero-order valence-corrected chi connectivity index (χ0v) is 14.5. The highest BCUT2D eigenvalue weighted by Crippen LogP contribution is 2.31. The Morgan fingerprint density at radius 3 is 2.86 bits per heavy atom. The maximum Gasteiger partial charge on any atom is 0.124 e. The highest BCUT2D eigenvalue weighted by molar-refractivity contribution is 9.10. The summed E-state index contributed by atoms with van der Waals surface area (Å²) in [6.07, 6.45) is 4.78. The first kappa shape index (κ1) is 16.8. The highest BCUT2D eigenvalue weighted by atomic mass is 79.9. The molecule has 1 aliphatic rings. The summed E-state index contributed by atoms with van der Waals surface area (Å²) in [7, 11) is 0. The first-order valence-corrected chi connectivity index (χ1v) is 8.78. The number of ether oxygens (including phenoxy) is 1. The van der Waals surface area contributed by atoms with Gasteiger partial charge < -0.3 is 15.2 Å². The second kappa shape index (κ2) is 8.16. The minimum Gasteiger partial charge on any atom is -0.487 e. The van der Waals surface area contributed by atoms with Crippen LogP contribution in [0.1, 0.15) is 57.6 Å². The van der Waals surface area contributed by atoms with E-state index in [0.717, 1.165) is 48.0 Å². The van der Waals surface area contributed by atoms with E-state index in [0.29, 0.717) is 0 Å². The van der Waals surface area contributed by atoms with Gasteiger partial charge in [-0.1, -0.05) is 35.7 Å². The third-order valence-corrected chi connectivity index (χ3v) is 4.64. The van der Waals surface area contributed by atoms with Crippen molar-refractivity contribution in [2.45, 2.75) is 64.2 Å². The molecule has 0 spiro atoms. The average molecular weight is 356 g/mol. The van der Waals surface area contributed by atoms with Crippen LogP contribution in [-0.2, 0) is 0 Å². The molecule has 0 amide bonds. The van der Waals surface area contributed by atoms with Crippen molar-refractivity contribution in [1.82, 2.24) is 5.32 Å². The van der Waals surface area contributed by atoms with Crippen LogP contribution >= 0.6 is 15.9 Å². The van der Waals surface area contributed by atoms with Crippen molar-refractivity contribution in [2.75, 3.05) is 6.54 Å². The van der Waals surface area contributed by atoms with Crippen LogP contribution in [0, 0.1) is 0 Å². The number of rotatable bonds is 5. The molecule has 0 saturated heterocycles. The average Bonchev–Trinajstić information content (AvgIpc) is 2.66. The predicted molar refractivity (Wildman–Crippen MR) is 89.7 cm³/mol. The molecule has 118 valence electrons. The van der Waals surface area contributed by atoms with Crippen LogP contribution in [0.15, 0.2) is 22.7 Å². The Morgan fingerprint density at radius 1 is 1.33 bits per heavy atom. The van der Waals surface area contributed by atoms with Gasteiger partial charge in [0.15, 0.2) is 0 Å². The van der Waals surface area contributed by atoms with E-state index in [1.807, 2.05) is 12.1 Å². The zero-order chi connectivity index (χ0) is 15.2.